The average molecular weight is 229 g/mol. The van der Waals surface area contributed by atoms with E-state index in [1.807, 2.05) is 23.5 Å². The maximum Gasteiger partial charge on any atom is 0.0817 e. The van der Waals surface area contributed by atoms with Crippen LogP contribution in [0.4, 0.5) is 0 Å². The van der Waals surface area contributed by atoms with Crippen molar-refractivity contribution in [2.24, 2.45) is 0 Å². The number of thioether (sulfide) groups is 2. The Labute approximate surface area is 96.2 Å². The fourth-order valence-corrected chi connectivity index (χ4v) is 4.46. The highest BCUT2D eigenvalue weighted by atomic mass is 32.2. The first-order valence-electron chi connectivity index (χ1n) is 5.22. The molecule has 0 saturated carbocycles. The van der Waals surface area contributed by atoms with Crippen molar-refractivity contribution < 1.29 is 0 Å². The van der Waals surface area contributed by atoms with E-state index in [0.717, 1.165) is 13.0 Å². The van der Waals surface area contributed by atoms with E-state index in [0.29, 0.717) is 10.5 Å². The molecule has 1 aliphatic heterocycles. The summed E-state index contributed by atoms with van der Waals surface area (Å²) in [7, 11) is 0. The molecule has 1 rings (SSSR count). The Morgan fingerprint density at radius 3 is 2.79 bits per heavy atom. The molecule has 1 heterocycles. The number of hydrogen-bond donors (Lipinski definition) is 1. The van der Waals surface area contributed by atoms with E-state index >= 15 is 0 Å². The van der Waals surface area contributed by atoms with Crippen molar-refractivity contribution in [3.63, 3.8) is 0 Å². The Hall–Kier alpha value is 0.220. The molecule has 1 saturated heterocycles. The van der Waals surface area contributed by atoms with Crippen molar-refractivity contribution in [2.45, 2.75) is 36.8 Å². The standard InChI is InChI=1S/C11H19NS2/c1-4-6-12-10(5-2)11-9(3)13-7-8-14-11/h2,9-12H,4,6-8H2,1,3H3. The van der Waals surface area contributed by atoms with Crippen LogP contribution in [0.3, 0.4) is 0 Å². The smallest absolute Gasteiger partial charge is 0.0817 e. The lowest BCUT2D eigenvalue weighted by Gasteiger charge is -2.32. The molecular formula is C11H19NS2. The van der Waals surface area contributed by atoms with Crippen LogP contribution in [0.5, 0.6) is 0 Å². The monoisotopic (exact) mass is 229 g/mol. The van der Waals surface area contributed by atoms with Gasteiger partial charge in [0.05, 0.1) is 6.04 Å². The van der Waals surface area contributed by atoms with Gasteiger partial charge in [-0.1, -0.05) is 19.8 Å². The van der Waals surface area contributed by atoms with Gasteiger partial charge in [0.25, 0.3) is 0 Å². The van der Waals surface area contributed by atoms with Crippen molar-refractivity contribution in [3.8, 4) is 12.3 Å². The van der Waals surface area contributed by atoms with E-state index in [1.54, 1.807) is 0 Å². The van der Waals surface area contributed by atoms with Crippen LogP contribution in [0.2, 0.25) is 0 Å². The lowest BCUT2D eigenvalue weighted by molar-refractivity contribution is 0.575. The molecule has 0 spiro atoms. The lowest BCUT2D eigenvalue weighted by atomic mass is 10.1. The van der Waals surface area contributed by atoms with Crippen LogP contribution in [0.1, 0.15) is 20.3 Å². The molecule has 0 amide bonds. The molecule has 1 fully saturated rings. The molecule has 0 aromatic rings. The molecule has 1 N–H and O–H groups in total. The van der Waals surface area contributed by atoms with Crippen LogP contribution in [0.15, 0.2) is 0 Å². The number of rotatable bonds is 4. The maximum atomic E-state index is 5.57. The van der Waals surface area contributed by atoms with E-state index in [-0.39, 0.29) is 6.04 Å². The Kier molecular flexibility index (Phi) is 5.84. The van der Waals surface area contributed by atoms with Gasteiger partial charge in [-0.05, 0) is 13.0 Å². The van der Waals surface area contributed by atoms with Crippen molar-refractivity contribution in [3.05, 3.63) is 0 Å². The minimum absolute atomic E-state index is 0.253. The van der Waals surface area contributed by atoms with Gasteiger partial charge in [-0.2, -0.15) is 23.5 Å². The van der Waals surface area contributed by atoms with Crippen molar-refractivity contribution in [2.75, 3.05) is 18.1 Å². The maximum absolute atomic E-state index is 5.57. The van der Waals surface area contributed by atoms with E-state index < -0.39 is 0 Å². The SMILES string of the molecule is C#CC(NCCC)C1SCCSC1C. The van der Waals surface area contributed by atoms with Gasteiger partial charge < -0.3 is 5.32 Å². The van der Waals surface area contributed by atoms with E-state index in [1.165, 1.54) is 11.5 Å². The van der Waals surface area contributed by atoms with Crippen LogP contribution in [0, 0.1) is 12.3 Å². The van der Waals surface area contributed by atoms with E-state index in [4.69, 9.17) is 6.42 Å². The fraction of sp³-hybridized carbons (Fsp3) is 0.818. The highest BCUT2D eigenvalue weighted by molar-refractivity contribution is 8.07. The highest BCUT2D eigenvalue weighted by Gasteiger charge is 2.28. The van der Waals surface area contributed by atoms with Crippen LogP contribution < -0.4 is 5.32 Å². The normalized spacial score (nSPS) is 29.5. The number of hydrogen-bond acceptors (Lipinski definition) is 3. The molecule has 0 aliphatic carbocycles. The zero-order chi connectivity index (χ0) is 10.4. The van der Waals surface area contributed by atoms with Gasteiger partial charge in [-0.15, -0.1) is 6.42 Å². The van der Waals surface area contributed by atoms with E-state index in [2.05, 4.69) is 25.1 Å². The Bertz CT molecular complexity index is 200. The molecule has 0 bridgehead atoms. The topological polar surface area (TPSA) is 12.0 Å². The lowest BCUT2D eigenvalue weighted by Crippen LogP contribution is -2.43. The molecule has 1 aliphatic rings. The summed E-state index contributed by atoms with van der Waals surface area (Å²) < 4.78 is 0. The second kappa shape index (κ2) is 6.66. The summed E-state index contributed by atoms with van der Waals surface area (Å²) in [5.74, 6) is 5.40. The quantitative estimate of drug-likeness (QED) is 0.743. The first kappa shape index (κ1) is 12.3. The predicted molar refractivity (Wildman–Crippen MR) is 69.1 cm³/mol. The van der Waals surface area contributed by atoms with Crippen molar-refractivity contribution in [1.29, 1.82) is 0 Å². The van der Waals surface area contributed by atoms with Crippen LogP contribution in [0.25, 0.3) is 0 Å². The summed E-state index contributed by atoms with van der Waals surface area (Å²) in [5.41, 5.74) is 0. The minimum atomic E-state index is 0.253. The fourth-order valence-electron chi connectivity index (χ4n) is 1.59. The summed E-state index contributed by atoms with van der Waals surface area (Å²) in [4.78, 5) is 0. The van der Waals surface area contributed by atoms with Gasteiger partial charge in [0.2, 0.25) is 0 Å². The summed E-state index contributed by atoms with van der Waals surface area (Å²) in [6.45, 7) is 5.50. The van der Waals surface area contributed by atoms with Gasteiger partial charge in [0.15, 0.2) is 0 Å². The zero-order valence-corrected chi connectivity index (χ0v) is 10.6. The third-order valence-electron chi connectivity index (χ3n) is 2.36. The van der Waals surface area contributed by atoms with Crippen LogP contribution in [-0.2, 0) is 0 Å². The number of terminal acetylenes is 1. The molecule has 0 aromatic carbocycles. The van der Waals surface area contributed by atoms with Gasteiger partial charge in [-0.3, -0.25) is 0 Å². The summed E-state index contributed by atoms with van der Waals surface area (Å²) in [6.07, 6.45) is 6.72. The minimum Gasteiger partial charge on any atom is -0.303 e. The van der Waals surface area contributed by atoms with Crippen LogP contribution in [-0.4, -0.2) is 34.6 Å². The van der Waals surface area contributed by atoms with E-state index in [9.17, 15) is 0 Å². The second-order valence-corrected chi connectivity index (χ2v) is 6.28. The van der Waals surface area contributed by atoms with Crippen LogP contribution >= 0.6 is 23.5 Å². The summed E-state index contributed by atoms with van der Waals surface area (Å²) >= 11 is 4.08. The molecule has 3 heteroatoms. The first-order chi connectivity index (χ1) is 6.79. The molecule has 1 nitrogen and oxygen atoms in total. The Morgan fingerprint density at radius 2 is 2.21 bits per heavy atom. The Morgan fingerprint density at radius 1 is 1.50 bits per heavy atom. The molecule has 14 heavy (non-hydrogen) atoms. The highest BCUT2D eigenvalue weighted by Crippen LogP contribution is 2.32. The summed E-state index contributed by atoms with van der Waals surface area (Å²) in [6, 6.07) is 0.253. The van der Waals surface area contributed by atoms with Gasteiger partial charge in [-0.25, -0.2) is 0 Å². The largest absolute Gasteiger partial charge is 0.303 e. The van der Waals surface area contributed by atoms with Gasteiger partial charge in [0.1, 0.15) is 0 Å². The van der Waals surface area contributed by atoms with Gasteiger partial charge >= 0.3 is 0 Å². The molecule has 3 unspecified atom stereocenters. The molecule has 0 radical (unpaired) electrons. The second-order valence-electron chi connectivity index (χ2n) is 3.51. The van der Waals surface area contributed by atoms with Crippen molar-refractivity contribution in [1.82, 2.24) is 5.32 Å². The summed E-state index contributed by atoms with van der Waals surface area (Å²) in [5, 5.41) is 4.72. The van der Waals surface area contributed by atoms with Gasteiger partial charge in [0, 0.05) is 22.0 Å². The molecule has 80 valence electrons. The molecule has 3 atom stereocenters. The first-order valence-corrected chi connectivity index (χ1v) is 7.32. The predicted octanol–water partition coefficient (Wildman–Crippen LogP) is 2.22. The third-order valence-corrected chi connectivity index (χ3v) is 5.55. The van der Waals surface area contributed by atoms with Crippen molar-refractivity contribution >= 4 is 23.5 Å². The Balaban J connectivity index is 2.45. The average Bonchev–Trinajstić information content (AvgIpc) is 2.21. The number of nitrogens with one attached hydrogen (secondary N) is 1. The zero-order valence-electron chi connectivity index (χ0n) is 8.95. The third kappa shape index (κ3) is 3.42. The molecule has 0 aromatic heterocycles. The molecular weight excluding hydrogens is 210 g/mol.